The van der Waals surface area contributed by atoms with E-state index in [9.17, 15) is 14.4 Å². The lowest BCUT2D eigenvalue weighted by Gasteiger charge is -2.16. The summed E-state index contributed by atoms with van der Waals surface area (Å²) in [5, 5.41) is 0. The van der Waals surface area contributed by atoms with Crippen molar-refractivity contribution in [1.29, 1.82) is 0 Å². The Morgan fingerprint density at radius 2 is 1.60 bits per heavy atom. The zero-order valence-corrected chi connectivity index (χ0v) is 8.14. The van der Waals surface area contributed by atoms with Crippen LogP contribution in [0.25, 0.3) is 0 Å². The Morgan fingerprint density at radius 3 is 2.00 bits per heavy atom. The number of carbonyl (C=O) groups is 3. The number of hydrogen-bond acceptors (Lipinski definition) is 3. The van der Waals surface area contributed by atoms with Gasteiger partial charge in [0.05, 0.1) is 17.2 Å². The van der Waals surface area contributed by atoms with Crippen molar-refractivity contribution in [2.24, 2.45) is 0 Å². The molecule has 1 aromatic rings. The summed E-state index contributed by atoms with van der Waals surface area (Å²) < 4.78 is 0. The summed E-state index contributed by atoms with van der Waals surface area (Å²) in [6.07, 6.45) is 0.585. The fraction of sp³-hybridized carbons (Fsp3) is 0.182. The van der Waals surface area contributed by atoms with Gasteiger partial charge in [0.1, 0.15) is 6.29 Å². The first-order chi connectivity index (χ1) is 7.16. The quantitative estimate of drug-likeness (QED) is 0.529. The molecule has 1 heterocycles. The predicted octanol–water partition coefficient (Wildman–Crippen LogP) is 0.870. The fourth-order valence-corrected chi connectivity index (χ4v) is 1.64. The van der Waals surface area contributed by atoms with Gasteiger partial charge in [-0.15, -0.1) is 0 Å². The topological polar surface area (TPSA) is 54.5 Å². The number of hydrogen-bond donors (Lipinski definition) is 0. The average Bonchev–Trinajstić information content (AvgIpc) is 2.52. The molecule has 1 aromatic carbocycles. The van der Waals surface area contributed by atoms with E-state index >= 15 is 0 Å². The van der Waals surface area contributed by atoms with E-state index in [0.29, 0.717) is 17.4 Å². The van der Waals surface area contributed by atoms with Crippen molar-refractivity contribution in [1.82, 2.24) is 4.90 Å². The minimum Gasteiger partial charge on any atom is -0.301 e. The number of nitrogens with zero attached hydrogens (tertiary/aromatic N) is 1. The van der Waals surface area contributed by atoms with E-state index in [4.69, 9.17) is 0 Å². The lowest BCUT2D eigenvalue weighted by molar-refractivity contribution is -0.110. The molecule has 0 aromatic heterocycles. The molecule has 0 fully saturated rings. The van der Waals surface area contributed by atoms with Crippen molar-refractivity contribution >= 4 is 18.1 Å². The van der Waals surface area contributed by atoms with Gasteiger partial charge in [-0.05, 0) is 19.1 Å². The number of aldehydes is 1. The van der Waals surface area contributed by atoms with Crippen LogP contribution in [0.1, 0.15) is 27.6 Å². The van der Waals surface area contributed by atoms with Gasteiger partial charge in [-0.1, -0.05) is 12.1 Å². The van der Waals surface area contributed by atoms with Crippen molar-refractivity contribution in [2.45, 2.75) is 13.0 Å². The summed E-state index contributed by atoms with van der Waals surface area (Å²) in [4.78, 5) is 35.1. The maximum atomic E-state index is 11.8. The number of benzene rings is 1. The van der Waals surface area contributed by atoms with E-state index in [1.807, 2.05) is 0 Å². The van der Waals surface area contributed by atoms with Crippen LogP contribution in [0.4, 0.5) is 0 Å². The third-order valence-electron chi connectivity index (χ3n) is 2.43. The zero-order chi connectivity index (χ0) is 11.0. The highest BCUT2D eigenvalue weighted by Crippen LogP contribution is 2.23. The minimum absolute atomic E-state index is 0.371. The lowest BCUT2D eigenvalue weighted by atomic mass is 10.1. The molecule has 15 heavy (non-hydrogen) atoms. The molecule has 1 aliphatic rings. The molecular formula is C11H9NO3. The lowest BCUT2D eigenvalue weighted by Crippen LogP contribution is -2.38. The van der Waals surface area contributed by atoms with Gasteiger partial charge in [-0.3, -0.25) is 14.5 Å². The SMILES string of the molecule is C[C@@H](C=O)N1C(=O)c2ccccc2C1=O. The van der Waals surface area contributed by atoms with Crippen LogP contribution in [0.3, 0.4) is 0 Å². The van der Waals surface area contributed by atoms with Crippen molar-refractivity contribution in [3.63, 3.8) is 0 Å². The predicted molar refractivity (Wildman–Crippen MR) is 52.5 cm³/mol. The molecule has 1 aliphatic heterocycles. The monoisotopic (exact) mass is 203 g/mol. The molecule has 1 atom stereocenters. The maximum absolute atomic E-state index is 11.8. The van der Waals surface area contributed by atoms with E-state index in [-0.39, 0.29) is 0 Å². The largest absolute Gasteiger partial charge is 0.301 e. The molecule has 0 bridgehead atoms. The zero-order valence-electron chi connectivity index (χ0n) is 8.14. The van der Waals surface area contributed by atoms with Gasteiger partial charge < -0.3 is 4.79 Å². The van der Waals surface area contributed by atoms with Gasteiger partial charge >= 0.3 is 0 Å². The third kappa shape index (κ3) is 1.26. The third-order valence-corrected chi connectivity index (χ3v) is 2.43. The van der Waals surface area contributed by atoms with Crippen molar-refractivity contribution < 1.29 is 14.4 Å². The number of carbonyl (C=O) groups excluding carboxylic acids is 3. The van der Waals surface area contributed by atoms with E-state index < -0.39 is 17.9 Å². The van der Waals surface area contributed by atoms with Crippen molar-refractivity contribution in [3.05, 3.63) is 35.4 Å². The first kappa shape index (κ1) is 9.58. The van der Waals surface area contributed by atoms with Crippen LogP contribution in [0, 0.1) is 0 Å². The second kappa shape index (κ2) is 3.31. The number of imide groups is 1. The molecule has 4 nitrogen and oxygen atoms in total. The van der Waals surface area contributed by atoms with Crippen LogP contribution in [0.2, 0.25) is 0 Å². The number of rotatable bonds is 2. The standard InChI is InChI=1S/C11H9NO3/c1-7(6-13)12-10(14)8-4-2-3-5-9(8)11(12)15/h2-7H,1H3/t7-/m0/s1. The van der Waals surface area contributed by atoms with Crippen LogP contribution in [-0.2, 0) is 4.79 Å². The second-order valence-electron chi connectivity index (χ2n) is 3.40. The summed E-state index contributed by atoms with van der Waals surface area (Å²) >= 11 is 0. The molecule has 2 amide bonds. The highest BCUT2D eigenvalue weighted by molar-refractivity contribution is 6.22. The Balaban J connectivity index is 2.50. The van der Waals surface area contributed by atoms with E-state index in [0.717, 1.165) is 4.90 Å². The summed E-state index contributed by atoms with van der Waals surface area (Å²) in [5.74, 6) is -0.787. The van der Waals surface area contributed by atoms with Crippen LogP contribution in [-0.4, -0.2) is 29.0 Å². The molecule has 76 valence electrons. The Bertz CT molecular complexity index is 418. The minimum atomic E-state index is -0.711. The van der Waals surface area contributed by atoms with Crippen molar-refractivity contribution in [2.75, 3.05) is 0 Å². The van der Waals surface area contributed by atoms with Crippen LogP contribution in [0.5, 0.6) is 0 Å². The molecule has 0 saturated heterocycles. The molecule has 0 aliphatic carbocycles. The van der Waals surface area contributed by atoms with Gasteiger partial charge in [0.2, 0.25) is 0 Å². The van der Waals surface area contributed by atoms with Crippen LogP contribution < -0.4 is 0 Å². The Morgan fingerprint density at radius 1 is 1.13 bits per heavy atom. The first-order valence-corrected chi connectivity index (χ1v) is 4.59. The van der Waals surface area contributed by atoms with Crippen molar-refractivity contribution in [3.8, 4) is 0 Å². The molecule has 0 N–H and O–H groups in total. The number of fused-ring (bicyclic) bond motifs is 1. The summed E-state index contributed by atoms with van der Waals surface area (Å²) in [5.41, 5.74) is 0.743. The molecule has 2 rings (SSSR count). The van der Waals surface area contributed by atoms with Gasteiger partial charge in [0, 0.05) is 0 Å². The van der Waals surface area contributed by atoms with Gasteiger partial charge in [0.15, 0.2) is 0 Å². The Labute approximate surface area is 86.5 Å². The average molecular weight is 203 g/mol. The fourth-order valence-electron chi connectivity index (χ4n) is 1.64. The Hall–Kier alpha value is -1.97. The molecule has 0 unspecified atom stereocenters. The van der Waals surface area contributed by atoms with Crippen LogP contribution in [0.15, 0.2) is 24.3 Å². The summed E-state index contributed by atoms with van der Waals surface area (Å²) in [6.45, 7) is 1.52. The Kier molecular flexibility index (Phi) is 2.11. The smallest absolute Gasteiger partial charge is 0.262 e. The van der Waals surface area contributed by atoms with Gasteiger partial charge in [-0.2, -0.15) is 0 Å². The maximum Gasteiger partial charge on any atom is 0.262 e. The van der Waals surface area contributed by atoms with E-state index in [1.165, 1.54) is 6.92 Å². The summed E-state index contributed by atoms with van der Waals surface area (Å²) in [6, 6.07) is 5.86. The first-order valence-electron chi connectivity index (χ1n) is 4.59. The van der Waals surface area contributed by atoms with Crippen LogP contribution >= 0.6 is 0 Å². The molecule has 4 heteroatoms. The van der Waals surface area contributed by atoms with Gasteiger partial charge in [-0.25, -0.2) is 0 Å². The second-order valence-corrected chi connectivity index (χ2v) is 3.40. The molecular weight excluding hydrogens is 194 g/mol. The normalized spacial score (nSPS) is 16.5. The molecule has 0 saturated carbocycles. The van der Waals surface area contributed by atoms with Gasteiger partial charge in [0.25, 0.3) is 11.8 Å². The molecule has 0 spiro atoms. The highest BCUT2D eigenvalue weighted by atomic mass is 16.2. The highest BCUT2D eigenvalue weighted by Gasteiger charge is 2.37. The summed E-state index contributed by atoms with van der Waals surface area (Å²) in [7, 11) is 0. The molecule has 0 radical (unpaired) electrons. The van der Waals surface area contributed by atoms with E-state index in [2.05, 4.69) is 0 Å². The number of amides is 2. The van der Waals surface area contributed by atoms with E-state index in [1.54, 1.807) is 24.3 Å².